The first-order chi connectivity index (χ1) is 15.2. The van der Waals surface area contributed by atoms with Crippen LogP contribution in [0.1, 0.15) is 49.6 Å². The van der Waals surface area contributed by atoms with Crippen molar-refractivity contribution in [2.24, 2.45) is 0 Å². The van der Waals surface area contributed by atoms with Gasteiger partial charge in [0.1, 0.15) is 11.4 Å². The van der Waals surface area contributed by atoms with Gasteiger partial charge in [0.15, 0.2) is 12.1 Å². The smallest absolute Gasteiger partial charge is 0.408 e. The van der Waals surface area contributed by atoms with Crippen LogP contribution in [-0.2, 0) is 14.3 Å². The van der Waals surface area contributed by atoms with Crippen LogP contribution in [0, 0.1) is 0 Å². The lowest BCUT2D eigenvalue weighted by Gasteiger charge is -2.25. The summed E-state index contributed by atoms with van der Waals surface area (Å²) in [7, 11) is 0. The highest BCUT2D eigenvalue weighted by Crippen LogP contribution is 2.29. The molecule has 0 spiro atoms. The van der Waals surface area contributed by atoms with E-state index in [2.05, 4.69) is 5.32 Å². The predicted molar refractivity (Wildman–Crippen MR) is 121 cm³/mol. The van der Waals surface area contributed by atoms with Gasteiger partial charge in [-0.3, -0.25) is 0 Å². The Morgan fingerprint density at radius 2 is 1.28 bits per heavy atom. The monoisotopic (exact) mass is 433 g/mol. The van der Waals surface area contributed by atoms with Crippen LogP contribution >= 0.6 is 0 Å². The summed E-state index contributed by atoms with van der Waals surface area (Å²) >= 11 is 0. The number of phenols is 1. The lowest BCUT2D eigenvalue weighted by molar-refractivity contribution is -0.150. The van der Waals surface area contributed by atoms with Gasteiger partial charge < -0.3 is 19.9 Å². The summed E-state index contributed by atoms with van der Waals surface area (Å²) in [5.41, 5.74) is 1.32. The van der Waals surface area contributed by atoms with E-state index < -0.39 is 29.8 Å². The van der Waals surface area contributed by atoms with Gasteiger partial charge in [0.2, 0.25) is 0 Å². The molecule has 0 fully saturated rings. The van der Waals surface area contributed by atoms with Crippen molar-refractivity contribution in [3.8, 4) is 5.75 Å². The van der Waals surface area contributed by atoms with Gasteiger partial charge in [-0.2, -0.15) is 0 Å². The number of ether oxygens (including phenoxy) is 2. The molecule has 1 amide bonds. The number of hydrogen-bond acceptors (Lipinski definition) is 5. The Kier molecular flexibility index (Phi) is 7.15. The Hall–Kier alpha value is -3.80. The second-order valence-electron chi connectivity index (χ2n) is 8.31. The Morgan fingerprint density at radius 3 is 1.75 bits per heavy atom. The van der Waals surface area contributed by atoms with Crippen molar-refractivity contribution in [1.29, 1.82) is 0 Å². The van der Waals surface area contributed by atoms with Crippen molar-refractivity contribution in [1.82, 2.24) is 5.32 Å². The van der Waals surface area contributed by atoms with Crippen LogP contribution in [0.4, 0.5) is 4.79 Å². The van der Waals surface area contributed by atoms with Crippen LogP contribution in [0.15, 0.2) is 84.9 Å². The second kappa shape index (κ2) is 10.0. The Labute approximate surface area is 187 Å². The highest BCUT2D eigenvalue weighted by atomic mass is 16.6. The van der Waals surface area contributed by atoms with E-state index >= 15 is 0 Å². The number of carbonyl (C=O) groups excluding carboxylic acids is 2. The largest absolute Gasteiger partial charge is 0.508 e. The predicted octanol–water partition coefficient (Wildman–Crippen LogP) is 5.29. The molecule has 3 aromatic carbocycles. The fourth-order valence-corrected chi connectivity index (χ4v) is 3.14. The van der Waals surface area contributed by atoms with E-state index in [9.17, 15) is 14.7 Å². The van der Waals surface area contributed by atoms with Gasteiger partial charge in [-0.05, 0) is 49.6 Å². The van der Waals surface area contributed by atoms with E-state index in [4.69, 9.17) is 9.47 Å². The maximum absolute atomic E-state index is 13.3. The number of phenolic OH excluding ortho intramolecular Hbond substituents is 1. The molecular weight excluding hydrogens is 406 g/mol. The first-order valence-corrected chi connectivity index (χ1v) is 10.3. The summed E-state index contributed by atoms with van der Waals surface area (Å²) in [5.74, 6) is -0.608. The first kappa shape index (κ1) is 22.9. The fourth-order valence-electron chi connectivity index (χ4n) is 3.14. The number of benzene rings is 3. The second-order valence-corrected chi connectivity index (χ2v) is 8.31. The summed E-state index contributed by atoms with van der Waals surface area (Å²) in [6, 6.07) is 23.6. The third-order valence-electron chi connectivity index (χ3n) is 4.56. The Morgan fingerprint density at radius 1 is 0.781 bits per heavy atom. The third kappa shape index (κ3) is 6.35. The molecule has 0 aliphatic rings. The molecule has 0 aliphatic heterocycles. The van der Waals surface area contributed by atoms with E-state index in [0.717, 1.165) is 11.1 Å². The van der Waals surface area contributed by atoms with Crippen molar-refractivity contribution in [3.63, 3.8) is 0 Å². The molecule has 0 aromatic heterocycles. The van der Waals surface area contributed by atoms with Gasteiger partial charge in [-0.25, -0.2) is 9.59 Å². The molecule has 0 saturated carbocycles. The molecule has 6 nitrogen and oxygen atoms in total. The molecule has 0 saturated heterocycles. The van der Waals surface area contributed by atoms with Crippen LogP contribution in [-0.4, -0.2) is 22.8 Å². The maximum atomic E-state index is 13.3. The van der Waals surface area contributed by atoms with Crippen LogP contribution in [0.25, 0.3) is 0 Å². The minimum atomic E-state index is -1.12. The lowest BCUT2D eigenvalue weighted by Crippen LogP contribution is -2.39. The van der Waals surface area contributed by atoms with E-state index in [1.54, 1.807) is 32.9 Å². The normalized spacial score (nSPS) is 12.1. The van der Waals surface area contributed by atoms with Crippen LogP contribution in [0.2, 0.25) is 0 Å². The maximum Gasteiger partial charge on any atom is 0.408 e. The SMILES string of the molecule is CC(C)(C)OC(=O)N[C@@H](C(=O)OC(c1ccccc1)c1ccccc1)c1ccc(O)cc1. The molecule has 32 heavy (non-hydrogen) atoms. The summed E-state index contributed by atoms with van der Waals surface area (Å²) in [6.45, 7) is 5.21. The number of aromatic hydroxyl groups is 1. The summed E-state index contributed by atoms with van der Waals surface area (Å²) in [4.78, 5) is 25.8. The summed E-state index contributed by atoms with van der Waals surface area (Å²) < 4.78 is 11.3. The molecule has 6 heteroatoms. The summed E-state index contributed by atoms with van der Waals surface area (Å²) in [6.07, 6.45) is -1.41. The Bertz CT molecular complexity index is 988. The molecule has 1 atom stereocenters. The van der Waals surface area contributed by atoms with Gasteiger partial charge in [-0.1, -0.05) is 72.8 Å². The highest BCUT2D eigenvalue weighted by Gasteiger charge is 2.30. The topological polar surface area (TPSA) is 84.9 Å². The molecule has 0 unspecified atom stereocenters. The molecule has 0 bridgehead atoms. The van der Waals surface area contributed by atoms with Crippen molar-refractivity contribution in [3.05, 3.63) is 102 Å². The van der Waals surface area contributed by atoms with Crippen LogP contribution in [0.3, 0.4) is 0 Å². The van der Waals surface area contributed by atoms with Crippen molar-refractivity contribution < 1.29 is 24.2 Å². The number of amides is 1. The minimum Gasteiger partial charge on any atom is -0.508 e. The number of nitrogens with one attached hydrogen (secondary N) is 1. The lowest BCUT2D eigenvalue weighted by atomic mass is 10.0. The summed E-state index contributed by atoms with van der Waals surface area (Å²) in [5, 5.41) is 12.2. The van der Waals surface area contributed by atoms with E-state index in [-0.39, 0.29) is 5.75 Å². The number of alkyl carbamates (subject to hydrolysis) is 1. The molecule has 0 aliphatic carbocycles. The van der Waals surface area contributed by atoms with E-state index in [1.807, 2.05) is 60.7 Å². The van der Waals surface area contributed by atoms with E-state index in [1.165, 1.54) is 12.1 Å². The third-order valence-corrected chi connectivity index (χ3v) is 4.56. The molecule has 3 aromatic rings. The fraction of sp³-hybridized carbons (Fsp3) is 0.231. The molecular formula is C26H27NO5. The number of rotatable bonds is 6. The van der Waals surface area contributed by atoms with Gasteiger partial charge in [0.25, 0.3) is 0 Å². The first-order valence-electron chi connectivity index (χ1n) is 10.3. The zero-order valence-electron chi connectivity index (χ0n) is 18.3. The van der Waals surface area contributed by atoms with Crippen LogP contribution < -0.4 is 5.32 Å². The quantitative estimate of drug-likeness (QED) is 0.516. The highest BCUT2D eigenvalue weighted by molar-refractivity contribution is 5.83. The van der Waals surface area contributed by atoms with Crippen molar-refractivity contribution >= 4 is 12.1 Å². The van der Waals surface area contributed by atoms with Gasteiger partial charge in [-0.15, -0.1) is 0 Å². The van der Waals surface area contributed by atoms with Crippen molar-refractivity contribution in [2.75, 3.05) is 0 Å². The van der Waals surface area contributed by atoms with Gasteiger partial charge >= 0.3 is 12.1 Å². The zero-order chi connectivity index (χ0) is 23.1. The standard InChI is InChI=1S/C26H27NO5/c1-26(2,3)32-25(30)27-22(18-14-16-21(28)17-15-18)24(29)31-23(19-10-6-4-7-11-19)20-12-8-5-9-13-20/h4-17,22-23,28H,1-3H3,(H,27,30)/t22-/m1/s1. The van der Waals surface area contributed by atoms with E-state index in [0.29, 0.717) is 5.56 Å². The Balaban J connectivity index is 1.91. The average Bonchev–Trinajstić information content (AvgIpc) is 2.76. The molecule has 0 heterocycles. The molecule has 2 N–H and O–H groups in total. The molecule has 0 radical (unpaired) electrons. The minimum absolute atomic E-state index is 0.0459. The molecule has 166 valence electrons. The molecule has 3 rings (SSSR count). The van der Waals surface area contributed by atoms with Crippen molar-refractivity contribution in [2.45, 2.75) is 38.5 Å². The number of esters is 1. The zero-order valence-corrected chi connectivity index (χ0v) is 18.3. The number of hydrogen-bond donors (Lipinski definition) is 2. The average molecular weight is 434 g/mol. The van der Waals surface area contributed by atoms with Gasteiger partial charge in [0, 0.05) is 0 Å². The van der Waals surface area contributed by atoms with Crippen LogP contribution in [0.5, 0.6) is 5.75 Å². The number of carbonyl (C=O) groups is 2. The van der Waals surface area contributed by atoms with Gasteiger partial charge in [0.05, 0.1) is 0 Å².